The molecule has 2 heterocycles. The van der Waals surface area contributed by atoms with Crippen molar-refractivity contribution < 1.29 is 8.81 Å². The molecule has 0 N–H and O–H groups in total. The molecule has 0 aliphatic carbocycles. The van der Waals surface area contributed by atoms with E-state index in [2.05, 4.69) is 20.3 Å². The largest absolute Gasteiger partial charge is 0.414 e. The lowest BCUT2D eigenvalue weighted by Gasteiger charge is -1.99. The van der Waals surface area contributed by atoms with Gasteiger partial charge in [-0.05, 0) is 11.6 Å². The van der Waals surface area contributed by atoms with Crippen molar-refractivity contribution in [3.05, 3.63) is 54.2 Å². The number of hydrogen-bond donors (Lipinski definition) is 0. The molecular formula is C12H10FN5OS. The third-order valence-corrected chi connectivity index (χ3v) is 3.39. The first-order valence-corrected chi connectivity index (χ1v) is 6.81. The van der Waals surface area contributed by atoms with Gasteiger partial charge in [-0.2, -0.15) is 5.10 Å². The summed E-state index contributed by atoms with van der Waals surface area (Å²) in [4.78, 5) is 3.83. The predicted octanol–water partition coefficient (Wildman–Crippen LogP) is 2.14. The van der Waals surface area contributed by atoms with E-state index in [1.54, 1.807) is 29.2 Å². The predicted molar refractivity (Wildman–Crippen MR) is 69.4 cm³/mol. The van der Waals surface area contributed by atoms with Gasteiger partial charge >= 0.3 is 0 Å². The smallest absolute Gasteiger partial charge is 0.276 e. The number of halogens is 1. The Morgan fingerprint density at radius 1 is 1.25 bits per heavy atom. The lowest BCUT2D eigenvalue weighted by Crippen LogP contribution is -1.99. The SMILES string of the molecule is Fc1ccccc1CSc1nnc(Cn2cncn2)o1. The van der Waals surface area contributed by atoms with E-state index in [1.807, 2.05) is 0 Å². The first-order valence-electron chi connectivity index (χ1n) is 5.82. The van der Waals surface area contributed by atoms with Crippen molar-refractivity contribution >= 4 is 11.8 Å². The molecule has 0 spiro atoms. The first-order chi connectivity index (χ1) is 9.81. The molecule has 0 aliphatic heterocycles. The van der Waals surface area contributed by atoms with Gasteiger partial charge in [0.25, 0.3) is 5.22 Å². The van der Waals surface area contributed by atoms with Crippen LogP contribution in [0, 0.1) is 5.82 Å². The van der Waals surface area contributed by atoms with Crippen molar-refractivity contribution in [3.63, 3.8) is 0 Å². The van der Waals surface area contributed by atoms with E-state index in [0.717, 1.165) is 0 Å². The molecule has 6 nitrogen and oxygen atoms in total. The van der Waals surface area contributed by atoms with Gasteiger partial charge in [-0.25, -0.2) is 14.1 Å². The van der Waals surface area contributed by atoms with Crippen molar-refractivity contribution in [2.75, 3.05) is 0 Å². The Hall–Kier alpha value is -2.22. The molecule has 0 fully saturated rings. The fourth-order valence-electron chi connectivity index (χ4n) is 1.57. The average Bonchev–Trinajstić information content (AvgIpc) is 3.10. The number of benzene rings is 1. The van der Waals surface area contributed by atoms with Gasteiger partial charge in [0, 0.05) is 5.75 Å². The Morgan fingerprint density at radius 2 is 2.15 bits per heavy atom. The van der Waals surface area contributed by atoms with E-state index < -0.39 is 0 Å². The summed E-state index contributed by atoms with van der Waals surface area (Å²) in [6.07, 6.45) is 3.00. The van der Waals surface area contributed by atoms with E-state index in [9.17, 15) is 4.39 Å². The minimum atomic E-state index is -0.234. The summed E-state index contributed by atoms with van der Waals surface area (Å²) in [6.45, 7) is 0.368. The monoisotopic (exact) mass is 291 g/mol. The van der Waals surface area contributed by atoms with Crippen molar-refractivity contribution in [1.82, 2.24) is 25.0 Å². The Balaban J connectivity index is 1.61. The molecule has 0 bridgehead atoms. The standard InChI is InChI=1S/C12H10FN5OS/c13-10-4-2-1-3-9(10)6-20-12-17-16-11(19-12)5-18-8-14-7-15-18/h1-4,7-8H,5-6H2. The van der Waals surface area contributed by atoms with E-state index in [1.165, 1.54) is 24.2 Å². The molecular weight excluding hydrogens is 281 g/mol. The van der Waals surface area contributed by atoms with Gasteiger partial charge in [-0.15, -0.1) is 10.2 Å². The quantitative estimate of drug-likeness (QED) is 0.671. The maximum Gasteiger partial charge on any atom is 0.276 e. The van der Waals surface area contributed by atoms with Crippen molar-refractivity contribution in [2.45, 2.75) is 17.5 Å². The first kappa shape index (κ1) is 12.8. The third-order valence-electron chi connectivity index (χ3n) is 2.52. The summed E-state index contributed by atoms with van der Waals surface area (Å²) in [7, 11) is 0. The molecule has 3 rings (SSSR count). The van der Waals surface area contributed by atoms with Gasteiger partial charge in [0.1, 0.15) is 25.0 Å². The third kappa shape index (κ3) is 3.02. The van der Waals surface area contributed by atoms with Crippen molar-refractivity contribution in [3.8, 4) is 0 Å². The lowest BCUT2D eigenvalue weighted by molar-refractivity contribution is 0.397. The lowest BCUT2D eigenvalue weighted by atomic mass is 10.2. The molecule has 8 heteroatoms. The second kappa shape index (κ2) is 5.83. The van der Waals surface area contributed by atoms with Crippen LogP contribution in [-0.2, 0) is 12.3 Å². The molecule has 0 unspecified atom stereocenters. The minimum absolute atomic E-state index is 0.234. The highest BCUT2D eigenvalue weighted by molar-refractivity contribution is 7.98. The summed E-state index contributed by atoms with van der Waals surface area (Å²) in [6, 6.07) is 6.62. The van der Waals surface area contributed by atoms with E-state index in [4.69, 9.17) is 4.42 Å². The molecule has 0 amide bonds. The highest BCUT2D eigenvalue weighted by atomic mass is 32.2. The molecule has 0 saturated carbocycles. The molecule has 3 aromatic rings. The summed E-state index contributed by atoms with van der Waals surface area (Å²) in [5.74, 6) is 0.645. The molecule has 102 valence electrons. The van der Waals surface area contributed by atoms with Crippen LogP contribution in [0.1, 0.15) is 11.5 Å². The summed E-state index contributed by atoms with van der Waals surface area (Å²) >= 11 is 1.30. The van der Waals surface area contributed by atoms with Gasteiger partial charge in [-0.1, -0.05) is 30.0 Å². The zero-order chi connectivity index (χ0) is 13.8. The summed E-state index contributed by atoms with van der Waals surface area (Å²) < 4.78 is 20.5. The summed E-state index contributed by atoms with van der Waals surface area (Å²) in [5.41, 5.74) is 0.605. The number of thioether (sulfide) groups is 1. The van der Waals surface area contributed by atoms with Crippen LogP contribution in [0.3, 0.4) is 0 Å². The molecule has 20 heavy (non-hydrogen) atoms. The number of aromatic nitrogens is 5. The molecule has 1 aromatic carbocycles. The Kier molecular flexibility index (Phi) is 3.73. The average molecular weight is 291 g/mol. The van der Waals surface area contributed by atoms with Crippen LogP contribution in [0.2, 0.25) is 0 Å². The second-order valence-electron chi connectivity index (χ2n) is 3.93. The van der Waals surface area contributed by atoms with Gasteiger partial charge in [0.15, 0.2) is 0 Å². The Bertz CT molecular complexity index is 685. The van der Waals surface area contributed by atoms with Gasteiger partial charge < -0.3 is 4.42 Å². The Morgan fingerprint density at radius 3 is 2.95 bits per heavy atom. The molecule has 0 radical (unpaired) electrons. The van der Waals surface area contributed by atoms with E-state index >= 15 is 0 Å². The highest BCUT2D eigenvalue weighted by Crippen LogP contribution is 2.22. The van der Waals surface area contributed by atoms with Gasteiger partial charge in [0.2, 0.25) is 5.89 Å². The molecule has 2 aromatic heterocycles. The molecule has 0 saturated heterocycles. The number of rotatable bonds is 5. The molecule has 0 aliphatic rings. The van der Waals surface area contributed by atoms with Crippen molar-refractivity contribution in [1.29, 1.82) is 0 Å². The topological polar surface area (TPSA) is 69.6 Å². The van der Waals surface area contributed by atoms with Crippen LogP contribution in [0.5, 0.6) is 0 Å². The van der Waals surface area contributed by atoms with Crippen LogP contribution in [0.25, 0.3) is 0 Å². The van der Waals surface area contributed by atoms with Crippen molar-refractivity contribution in [2.24, 2.45) is 0 Å². The van der Waals surface area contributed by atoms with E-state index in [0.29, 0.717) is 29.0 Å². The van der Waals surface area contributed by atoms with Gasteiger partial charge in [0.05, 0.1) is 0 Å². The van der Waals surface area contributed by atoms with Crippen LogP contribution < -0.4 is 0 Å². The Labute approximate surface area is 118 Å². The zero-order valence-electron chi connectivity index (χ0n) is 10.3. The maximum atomic E-state index is 13.5. The number of hydrogen-bond acceptors (Lipinski definition) is 6. The maximum absolute atomic E-state index is 13.5. The summed E-state index contributed by atoms with van der Waals surface area (Å²) in [5, 5.41) is 12.2. The number of nitrogens with zero attached hydrogens (tertiary/aromatic N) is 5. The van der Waals surface area contributed by atoms with Crippen LogP contribution in [0.15, 0.2) is 46.6 Å². The zero-order valence-corrected chi connectivity index (χ0v) is 11.1. The minimum Gasteiger partial charge on any atom is -0.414 e. The fourth-order valence-corrected chi connectivity index (χ4v) is 2.34. The molecule has 0 atom stereocenters. The van der Waals surface area contributed by atoms with Crippen LogP contribution in [0.4, 0.5) is 4.39 Å². The van der Waals surface area contributed by atoms with Crippen LogP contribution in [-0.4, -0.2) is 25.0 Å². The van der Waals surface area contributed by atoms with Crippen LogP contribution >= 0.6 is 11.8 Å². The fraction of sp³-hybridized carbons (Fsp3) is 0.167. The van der Waals surface area contributed by atoms with E-state index in [-0.39, 0.29) is 5.82 Å². The highest BCUT2D eigenvalue weighted by Gasteiger charge is 2.09. The normalized spacial score (nSPS) is 10.8. The second-order valence-corrected chi connectivity index (χ2v) is 4.86. The van der Waals surface area contributed by atoms with Gasteiger partial charge in [-0.3, -0.25) is 0 Å².